The maximum Gasteiger partial charge on any atom is 0.361 e. The summed E-state index contributed by atoms with van der Waals surface area (Å²) in [5.41, 5.74) is 1.41. The Kier molecular flexibility index (Phi) is 3.83. The molecule has 1 aromatic carbocycles. The molecule has 110 valence electrons. The van der Waals surface area contributed by atoms with E-state index >= 15 is 0 Å². The molecule has 21 heavy (non-hydrogen) atoms. The quantitative estimate of drug-likeness (QED) is 0.639. The molecule has 1 atom stereocenters. The molecule has 1 N–H and O–H groups in total. The zero-order valence-corrected chi connectivity index (χ0v) is 11.5. The van der Waals surface area contributed by atoms with Crippen LogP contribution in [-0.4, -0.2) is 47.3 Å². The lowest BCUT2D eigenvalue weighted by molar-refractivity contribution is 0.0520. The number of H-pyrrole nitrogens is 1. The van der Waals surface area contributed by atoms with Crippen molar-refractivity contribution >= 4 is 5.97 Å². The van der Waals surface area contributed by atoms with Crippen LogP contribution >= 0.6 is 0 Å². The smallest absolute Gasteiger partial charge is 0.361 e. The van der Waals surface area contributed by atoms with Crippen molar-refractivity contribution in [1.29, 1.82) is 0 Å². The van der Waals surface area contributed by atoms with Crippen LogP contribution in [0.5, 0.6) is 5.75 Å². The average molecular weight is 289 g/mol. The third-order valence-corrected chi connectivity index (χ3v) is 2.98. The second-order valence-electron chi connectivity index (χ2n) is 4.53. The van der Waals surface area contributed by atoms with Crippen LogP contribution in [0.3, 0.4) is 0 Å². The van der Waals surface area contributed by atoms with E-state index in [2.05, 4.69) is 15.4 Å². The van der Waals surface area contributed by atoms with Gasteiger partial charge in [-0.2, -0.15) is 10.3 Å². The van der Waals surface area contributed by atoms with Crippen molar-refractivity contribution in [3.8, 4) is 17.0 Å². The van der Waals surface area contributed by atoms with Crippen molar-refractivity contribution < 1.29 is 19.0 Å². The van der Waals surface area contributed by atoms with E-state index in [1.807, 2.05) is 24.3 Å². The van der Waals surface area contributed by atoms with Gasteiger partial charge in [-0.25, -0.2) is 4.79 Å². The van der Waals surface area contributed by atoms with E-state index in [-0.39, 0.29) is 11.8 Å². The number of ether oxygens (including phenoxy) is 3. The van der Waals surface area contributed by atoms with Gasteiger partial charge in [0.1, 0.15) is 24.2 Å². The maximum absolute atomic E-state index is 11.8. The van der Waals surface area contributed by atoms with Gasteiger partial charge >= 0.3 is 5.97 Å². The second kappa shape index (κ2) is 5.92. The number of esters is 1. The van der Waals surface area contributed by atoms with Gasteiger partial charge in [0, 0.05) is 5.56 Å². The fourth-order valence-corrected chi connectivity index (χ4v) is 1.84. The van der Waals surface area contributed by atoms with Crippen molar-refractivity contribution in [2.24, 2.45) is 0 Å². The van der Waals surface area contributed by atoms with Crippen molar-refractivity contribution in [2.75, 3.05) is 19.8 Å². The number of aromatic nitrogens is 3. The topological polar surface area (TPSA) is 89.6 Å². The summed E-state index contributed by atoms with van der Waals surface area (Å²) < 4.78 is 15.6. The summed E-state index contributed by atoms with van der Waals surface area (Å²) in [4.78, 5) is 11.8. The van der Waals surface area contributed by atoms with Gasteiger partial charge in [-0.1, -0.05) is 0 Å². The van der Waals surface area contributed by atoms with Crippen LogP contribution in [0.15, 0.2) is 24.3 Å². The third-order valence-electron chi connectivity index (χ3n) is 2.98. The molecule has 0 radical (unpaired) electrons. The second-order valence-corrected chi connectivity index (χ2v) is 4.53. The van der Waals surface area contributed by atoms with Crippen LogP contribution in [-0.2, 0) is 9.47 Å². The zero-order chi connectivity index (χ0) is 14.7. The predicted octanol–water partition coefficient (Wildman–Crippen LogP) is 1.43. The molecule has 3 rings (SSSR count). The molecule has 0 amide bonds. The molecule has 0 saturated carbocycles. The largest absolute Gasteiger partial charge is 0.491 e. The predicted molar refractivity (Wildman–Crippen MR) is 73.0 cm³/mol. The normalized spacial score (nSPS) is 16.5. The SMILES string of the molecule is CCOC(=O)c1n[nH]nc1-c1ccc(OCC2CO2)cc1. The number of nitrogens with zero attached hydrogens (tertiary/aromatic N) is 2. The van der Waals surface area contributed by atoms with Gasteiger partial charge in [0.25, 0.3) is 0 Å². The maximum atomic E-state index is 11.8. The summed E-state index contributed by atoms with van der Waals surface area (Å²) in [6, 6.07) is 7.29. The van der Waals surface area contributed by atoms with Crippen LogP contribution in [0.25, 0.3) is 11.3 Å². The van der Waals surface area contributed by atoms with Gasteiger partial charge < -0.3 is 14.2 Å². The first-order valence-electron chi connectivity index (χ1n) is 6.70. The fraction of sp³-hybridized carbons (Fsp3) is 0.357. The molecule has 1 fully saturated rings. The Morgan fingerprint density at radius 2 is 2.14 bits per heavy atom. The number of carbonyl (C=O) groups excluding carboxylic acids is 1. The number of carbonyl (C=O) groups is 1. The Bertz CT molecular complexity index is 619. The van der Waals surface area contributed by atoms with Crippen LogP contribution < -0.4 is 4.74 Å². The number of aromatic amines is 1. The average Bonchev–Trinajstić information content (AvgIpc) is 3.20. The molecular formula is C14H15N3O4. The van der Waals surface area contributed by atoms with E-state index in [0.717, 1.165) is 17.9 Å². The summed E-state index contributed by atoms with van der Waals surface area (Å²) in [6.07, 6.45) is 0.218. The van der Waals surface area contributed by atoms with Crippen LogP contribution in [0.4, 0.5) is 0 Å². The van der Waals surface area contributed by atoms with Gasteiger partial charge in [-0.15, -0.1) is 5.10 Å². The molecule has 2 heterocycles. The first kappa shape index (κ1) is 13.6. The van der Waals surface area contributed by atoms with Gasteiger partial charge in [0.15, 0.2) is 5.69 Å². The van der Waals surface area contributed by atoms with Gasteiger partial charge in [0.2, 0.25) is 0 Å². The monoisotopic (exact) mass is 289 g/mol. The lowest BCUT2D eigenvalue weighted by atomic mass is 10.1. The molecule has 7 heteroatoms. The molecule has 1 aromatic heterocycles. The van der Waals surface area contributed by atoms with Gasteiger partial charge in [-0.3, -0.25) is 0 Å². The summed E-state index contributed by atoms with van der Waals surface area (Å²) in [5, 5.41) is 10.3. The molecule has 1 aliphatic heterocycles. The van der Waals surface area contributed by atoms with E-state index in [1.165, 1.54) is 0 Å². The van der Waals surface area contributed by atoms with E-state index in [0.29, 0.717) is 18.9 Å². The van der Waals surface area contributed by atoms with E-state index in [9.17, 15) is 4.79 Å². The summed E-state index contributed by atoms with van der Waals surface area (Å²) in [7, 11) is 0. The summed E-state index contributed by atoms with van der Waals surface area (Å²) >= 11 is 0. The Balaban J connectivity index is 1.74. The fourth-order valence-electron chi connectivity index (χ4n) is 1.84. The molecule has 1 unspecified atom stereocenters. The molecule has 2 aromatic rings. The Hall–Kier alpha value is -2.41. The number of benzene rings is 1. The number of hydrogen-bond acceptors (Lipinski definition) is 6. The minimum absolute atomic E-state index is 0.178. The van der Waals surface area contributed by atoms with Crippen LogP contribution in [0.2, 0.25) is 0 Å². The van der Waals surface area contributed by atoms with E-state index in [4.69, 9.17) is 14.2 Å². The van der Waals surface area contributed by atoms with Crippen molar-refractivity contribution in [1.82, 2.24) is 15.4 Å². The van der Waals surface area contributed by atoms with Crippen molar-refractivity contribution in [3.63, 3.8) is 0 Å². The van der Waals surface area contributed by atoms with Crippen LogP contribution in [0, 0.1) is 0 Å². The minimum atomic E-state index is -0.493. The number of hydrogen-bond donors (Lipinski definition) is 1. The molecule has 0 spiro atoms. The number of epoxide rings is 1. The first-order chi connectivity index (χ1) is 10.3. The third kappa shape index (κ3) is 3.19. The molecule has 0 bridgehead atoms. The highest BCUT2D eigenvalue weighted by molar-refractivity contribution is 5.93. The highest BCUT2D eigenvalue weighted by Crippen LogP contribution is 2.23. The standard InChI is InChI=1S/C14H15N3O4/c1-2-19-14(18)13-12(15-17-16-13)9-3-5-10(6-4-9)20-7-11-8-21-11/h3-6,11H,2,7-8H2,1H3,(H,15,16,17). The molecule has 7 nitrogen and oxygen atoms in total. The number of nitrogens with one attached hydrogen (secondary N) is 1. The van der Waals surface area contributed by atoms with Gasteiger partial charge in [-0.05, 0) is 31.2 Å². The lowest BCUT2D eigenvalue weighted by Gasteiger charge is -2.05. The number of rotatable bonds is 6. The van der Waals surface area contributed by atoms with Crippen molar-refractivity contribution in [2.45, 2.75) is 13.0 Å². The highest BCUT2D eigenvalue weighted by atomic mass is 16.6. The van der Waals surface area contributed by atoms with Gasteiger partial charge in [0.05, 0.1) is 13.2 Å². The Labute approximate surface area is 121 Å². The first-order valence-corrected chi connectivity index (χ1v) is 6.70. The Morgan fingerprint density at radius 1 is 1.38 bits per heavy atom. The minimum Gasteiger partial charge on any atom is -0.491 e. The molecule has 1 saturated heterocycles. The van der Waals surface area contributed by atoms with E-state index in [1.54, 1.807) is 6.92 Å². The molecule has 0 aliphatic carbocycles. The lowest BCUT2D eigenvalue weighted by Crippen LogP contribution is -2.07. The zero-order valence-electron chi connectivity index (χ0n) is 11.5. The van der Waals surface area contributed by atoms with Crippen LogP contribution in [0.1, 0.15) is 17.4 Å². The Morgan fingerprint density at radius 3 is 2.81 bits per heavy atom. The van der Waals surface area contributed by atoms with Crippen molar-refractivity contribution in [3.05, 3.63) is 30.0 Å². The molecule has 1 aliphatic rings. The van der Waals surface area contributed by atoms with E-state index < -0.39 is 5.97 Å². The summed E-state index contributed by atoms with van der Waals surface area (Å²) in [5.74, 6) is 0.253. The molecular weight excluding hydrogens is 274 g/mol. The highest BCUT2D eigenvalue weighted by Gasteiger charge is 2.23. The summed E-state index contributed by atoms with van der Waals surface area (Å²) in [6.45, 7) is 3.35.